The summed E-state index contributed by atoms with van der Waals surface area (Å²) in [6, 6.07) is 6.55. The Hall–Kier alpha value is -1.85. The van der Waals surface area contributed by atoms with Gasteiger partial charge in [-0.3, -0.25) is 4.79 Å². The Morgan fingerprint density at radius 3 is 2.52 bits per heavy atom. The van der Waals surface area contributed by atoms with Crippen LogP contribution in [0.25, 0.3) is 10.4 Å². The van der Waals surface area contributed by atoms with Gasteiger partial charge in [-0.1, -0.05) is 16.9 Å². The molecule has 5 atom stereocenters. The lowest BCUT2D eigenvalue weighted by Gasteiger charge is -2.39. The van der Waals surface area contributed by atoms with E-state index >= 15 is 0 Å². The van der Waals surface area contributed by atoms with Crippen LogP contribution in [0.5, 0.6) is 0 Å². The summed E-state index contributed by atoms with van der Waals surface area (Å²) in [7, 11) is 0. The Balaban J connectivity index is 1.98. The lowest BCUT2D eigenvalue weighted by atomic mass is 10.0. The van der Waals surface area contributed by atoms with Crippen molar-refractivity contribution in [1.82, 2.24) is 0 Å². The molecule has 1 fully saturated rings. The molecule has 0 saturated carbocycles. The Morgan fingerprint density at radius 2 is 1.92 bits per heavy atom. The van der Waals surface area contributed by atoms with Crippen molar-refractivity contribution in [3.8, 4) is 0 Å². The van der Waals surface area contributed by atoms with E-state index in [0.717, 1.165) is 11.8 Å². The SMILES string of the molecule is [N-]=[N+]=NCC(=O)Nc1ccc(S[C@@H]2O[C@H](CO)[C@H](O)[C@H](O)[C@H]2O)cc1. The summed E-state index contributed by atoms with van der Waals surface area (Å²) in [6.45, 7) is -0.796. The largest absolute Gasteiger partial charge is 0.394 e. The highest BCUT2D eigenvalue weighted by molar-refractivity contribution is 7.99. The van der Waals surface area contributed by atoms with E-state index in [1.54, 1.807) is 24.3 Å². The summed E-state index contributed by atoms with van der Waals surface area (Å²) in [5.74, 6) is -0.452. The van der Waals surface area contributed by atoms with Gasteiger partial charge in [-0.05, 0) is 29.8 Å². The van der Waals surface area contributed by atoms with Gasteiger partial charge in [-0.2, -0.15) is 0 Å². The number of carbonyl (C=O) groups excluding carboxylic acids is 1. The number of thioether (sulfide) groups is 1. The van der Waals surface area contributed by atoms with Crippen molar-refractivity contribution >= 4 is 23.4 Å². The normalized spacial score (nSPS) is 28.9. The van der Waals surface area contributed by atoms with Crippen LogP contribution in [-0.4, -0.2) is 69.3 Å². The highest BCUT2D eigenvalue weighted by Crippen LogP contribution is 2.33. The van der Waals surface area contributed by atoms with E-state index in [0.29, 0.717) is 10.6 Å². The van der Waals surface area contributed by atoms with E-state index in [2.05, 4.69) is 15.3 Å². The number of ether oxygens (including phenoxy) is 1. The van der Waals surface area contributed by atoms with Crippen molar-refractivity contribution < 1.29 is 30.0 Å². The molecule has 1 saturated heterocycles. The third-order valence-electron chi connectivity index (χ3n) is 3.52. The molecule has 5 N–H and O–H groups in total. The van der Waals surface area contributed by atoms with Crippen LogP contribution in [0.15, 0.2) is 34.3 Å². The Bertz CT molecular complexity index is 637. The van der Waals surface area contributed by atoms with Crippen molar-refractivity contribution in [3.05, 3.63) is 34.7 Å². The van der Waals surface area contributed by atoms with Gasteiger partial charge >= 0.3 is 0 Å². The molecule has 0 radical (unpaired) electrons. The first-order valence-electron chi connectivity index (χ1n) is 7.34. The number of aliphatic hydroxyl groups is 4. The number of hydrogen-bond donors (Lipinski definition) is 5. The predicted octanol–water partition coefficient (Wildman–Crippen LogP) is -0.173. The maximum absolute atomic E-state index is 11.4. The van der Waals surface area contributed by atoms with Crippen molar-refractivity contribution in [3.63, 3.8) is 0 Å². The summed E-state index contributed by atoms with van der Waals surface area (Å²) in [5.41, 5.74) is 7.78. The van der Waals surface area contributed by atoms with Gasteiger partial charge in [0.25, 0.3) is 0 Å². The molecule has 0 unspecified atom stereocenters. The fourth-order valence-electron chi connectivity index (χ4n) is 2.21. The smallest absolute Gasteiger partial charge is 0.230 e. The number of carbonyl (C=O) groups is 1. The topological polar surface area (TPSA) is 168 Å². The van der Waals surface area contributed by atoms with Crippen LogP contribution in [0.2, 0.25) is 0 Å². The number of nitrogens with one attached hydrogen (secondary N) is 1. The third kappa shape index (κ3) is 5.06. The first-order valence-corrected chi connectivity index (χ1v) is 8.22. The molecule has 1 aromatic carbocycles. The predicted molar refractivity (Wildman–Crippen MR) is 88.7 cm³/mol. The molecule has 1 aromatic rings. The minimum absolute atomic E-state index is 0.308. The molecule has 1 amide bonds. The van der Waals surface area contributed by atoms with Gasteiger partial charge in [0.15, 0.2) is 0 Å². The molecule has 0 aromatic heterocycles. The molecule has 0 bridgehead atoms. The number of amides is 1. The van der Waals surface area contributed by atoms with E-state index < -0.39 is 42.4 Å². The number of anilines is 1. The quantitative estimate of drug-likeness (QED) is 0.263. The lowest BCUT2D eigenvalue weighted by Crippen LogP contribution is -2.57. The van der Waals surface area contributed by atoms with Crippen LogP contribution < -0.4 is 5.32 Å². The van der Waals surface area contributed by atoms with Crippen molar-refractivity contribution in [1.29, 1.82) is 0 Å². The second-order valence-electron chi connectivity index (χ2n) is 5.28. The summed E-state index contributed by atoms with van der Waals surface area (Å²) in [6.07, 6.45) is -5.12. The molecule has 1 aliphatic rings. The Labute approximate surface area is 147 Å². The maximum Gasteiger partial charge on any atom is 0.230 e. The molecule has 11 heteroatoms. The van der Waals surface area contributed by atoms with Crippen molar-refractivity contribution in [2.24, 2.45) is 5.11 Å². The zero-order valence-electron chi connectivity index (χ0n) is 13.0. The number of nitrogens with zero attached hydrogens (tertiary/aromatic N) is 3. The van der Waals surface area contributed by atoms with Crippen LogP contribution in [0, 0.1) is 0 Å². The molecule has 0 spiro atoms. The summed E-state index contributed by atoms with van der Waals surface area (Å²) < 4.78 is 5.41. The highest BCUT2D eigenvalue weighted by atomic mass is 32.2. The van der Waals surface area contributed by atoms with Crippen molar-refractivity contribution in [2.45, 2.75) is 34.7 Å². The summed E-state index contributed by atoms with van der Waals surface area (Å²) in [5, 5.41) is 44.4. The average molecular weight is 370 g/mol. The number of aliphatic hydroxyl groups excluding tert-OH is 4. The van der Waals surface area contributed by atoms with E-state index in [1.165, 1.54) is 0 Å². The summed E-state index contributed by atoms with van der Waals surface area (Å²) >= 11 is 1.11. The third-order valence-corrected chi connectivity index (χ3v) is 4.68. The Kier molecular flexibility index (Phi) is 7.02. The molecule has 25 heavy (non-hydrogen) atoms. The minimum atomic E-state index is -1.43. The zero-order chi connectivity index (χ0) is 18.4. The van der Waals surface area contributed by atoms with Gasteiger partial charge in [-0.25, -0.2) is 0 Å². The van der Waals surface area contributed by atoms with Crippen LogP contribution in [0.3, 0.4) is 0 Å². The van der Waals surface area contributed by atoms with Gasteiger partial charge in [0.2, 0.25) is 5.91 Å². The molecule has 1 aliphatic heterocycles. The maximum atomic E-state index is 11.4. The monoisotopic (exact) mass is 370 g/mol. The number of benzene rings is 1. The van der Waals surface area contributed by atoms with Gasteiger partial charge in [0.1, 0.15) is 36.4 Å². The highest BCUT2D eigenvalue weighted by Gasteiger charge is 2.43. The van der Waals surface area contributed by atoms with E-state index in [1.807, 2.05) is 0 Å². The standard InChI is InChI=1S/C14H18N4O6S/c15-18-16-5-10(20)17-7-1-3-8(4-2-7)25-14-13(23)12(22)11(21)9(6-19)24-14/h1-4,9,11-14,19,21-23H,5-6H2,(H,17,20)/t9-,11+,12+,13-,14+/m1/s1. The number of rotatable bonds is 6. The zero-order valence-corrected chi connectivity index (χ0v) is 13.8. The lowest BCUT2D eigenvalue weighted by molar-refractivity contribution is -0.205. The number of hydrogen-bond acceptors (Lipinski definition) is 8. The second-order valence-corrected chi connectivity index (χ2v) is 6.45. The summed E-state index contributed by atoms with van der Waals surface area (Å²) in [4.78, 5) is 14.6. The first-order chi connectivity index (χ1) is 12.0. The Morgan fingerprint density at radius 1 is 1.24 bits per heavy atom. The van der Waals surface area contributed by atoms with Crippen molar-refractivity contribution in [2.75, 3.05) is 18.5 Å². The minimum Gasteiger partial charge on any atom is -0.394 e. The second kappa shape index (κ2) is 9.02. The van der Waals surface area contributed by atoms with E-state index in [-0.39, 0.29) is 6.54 Å². The molecule has 2 rings (SSSR count). The molecule has 1 heterocycles. The van der Waals surface area contributed by atoms with Crippen LogP contribution in [0.1, 0.15) is 0 Å². The van der Waals surface area contributed by atoms with Crippen LogP contribution >= 0.6 is 11.8 Å². The van der Waals surface area contributed by atoms with Gasteiger partial charge in [-0.15, -0.1) is 0 Å². The van der Waals surface area contributed by atoms with E-state index in [4.69, 9.17) is 10.3 Å². The molecule has 10 nitrogen and oxygen atoms in total. The van der Waals surface area contributed by atoms with Crippen LogP contribution in [0.4, 0.5) is 5.69 Å². The average Bonchev–Trinajstić information content (AvgIpc) is 2.62. The molecular formula is C14H18N4O6S. The molecular weight excluding hydrogens is 352 g/mol. The van der Waals surface area contributed by atoms with Gasteiger partial charge in [0, 0.05) is 15.5 Å². The first kappa shape index (κ1) is 19.5. The molecule has 136 valence electrons. The van der Waals surface area contributed by atoms with Gasteiger partial charge < -0.3 is 30.5 Å². The van der Waals surface area contributed by atoms with Gasteiger partial charge in [0.05, 0.1) is 6.61 Å². The fourth-order valence-corrected chi connectivity index (χ4v) is 3.27. The van der Waals surface area contributed by atoms with E-state index in [9.17, 15) is 25.2 Å². The number of azide groups is 1. The fraction of sp³-hybridized carbons (Fsp3) is 0.500. The molecule has 0 aliphatic carbocycles. The van der Waals surface area contributed by atoms with Crippen LogP contribution in [-0.2, 0) is 9.53 Å².